The molecular formula is C35H36Cl3N3O5S. The van der Waals surface area contributed by atoms with Crippen LogP contribution in [0.25, 0.3) is 0 Å². The Balaban J connectivity index is 1.83. The van der Waals surface area contributed by atoms with Crippen molar-refractivity contribution in [3.63, 3.8) is 0 Å². The van der Waals surface area contributed by atoms with E-state index in [0.29, 0.717) is 26.4 Å². The number of hydrogen-bond acceptors (Lipinski definition) is 5. The Kier molecular flexibility index (Phi) is 11.8. The number of carbonyl (C=O) groups is 2. The maximum absolute atomic E-state index is 14.6. The summed E-state index contributed by atoms with van der Waals surface area (Å²) in [5.74, 6) is -0.568. The summed E-state index contributed by atoms with van der Waals surface area (Å²) in [5, 5.41) is 4.09. The van der Waals surface area contributed by atoms with Gasteiger partial charge in [-0.3, -0.25) is 13.9 Å². The largest absolute Gasteiger partial charge is 0.497 e. The van der Waals surface area contributed by atoms with Crippen LogP contribution < -0.4 is 14.4 Å². The summed E-state index contributed by atoms with van der Waals surface area (Å²) in [6.45, 7) is 4.80. The molecule has 248 valence electrons. The van der Waals surface area contributed by atoms with E-state index in [2.05, 4.69) is 5.32 Å². The molecule has 2 amide bonds. The van der Waals surface area contributed by atoms with Crippen molar-refractivity contribution in [2.24, 2.45) is 0 Å². The number of amides is 2. The Bertz CT molecular complexity index is 1800. The third kappa shape index (κ3) is 9.64. The van der Waals surface area contributed by atoms with Gasteiger partial charge in [0.25, 0.3) is 10.0 Å². The molecule has 8 nitrogen and oxygen atoms in total. The number of benzene rings is 4. The molecule has 1 atom stereocenters. The third-order valence-electron chi connectivity index (χ3n) is 7.17. The molecular weight excluding hydrogens is 681 g/mol. The first-order valence-corrected chi connectivity index (χ1v) is 17.3. The van der Waals surface area contributed by atoms with Crippen LogP contribution in [0, 0.1) is 0 Å². The maximum Gasteiger partial charge on any atom is 0.264 e. The average molecular weight is 717 g/mol. The van der Waals surface area contributed by atoms with E-state index in [0.717, 1.165) is 9.87 Å². The fourth-order valence-corrected chi connectivity index (χ4v) is 6.86. The van der Waals surface area contributed by atoms with Crippen molar-refractivity contribution >= 4 is 62.3 Å². The van der Waals surface area contributed by atoms with Gasteiger partial charge in [0.15, 0.2) is 0 Å². The molecule has 0 aliphatic carbocycles. The third-order valence-corrected chi connectivity index (χ3v) is 9.79. The first kappa shape index (κ1) is 36.1. The highest BCUT2D eigenvalue weighted by Gasteiger charge is 2.36. The van der Waals surface area contributed by atoms with Crippen molar-refractivity contribution in [3.8, 4) is 5.75 Å². The number of rotatable bonds is 12. The molecule has 4 rings (SSSR count). The zero-order chi connectivity index (χ0) is 34.4. The van der Waals surface area contributed by atoms with E-state index < -0.39 is 40.0 Å². The molecule has 0 saturated heterocycles. The van der Waals surface area contributed by atoms with Gasteiger partial charge in [0.1, 0.15) is 18.3 Å². The van der Waals surface area contributed by atoms with E-state index in [1.54, 1.807) is 18.2 Å². The lowest BCUT2D eigenvalue weighted by Gasteiger charge is -2.35. The van der Waals surface area contributed by atoms with E-state index in [-0.39, 0.29) is 23.5 Å². The van der Waals surface area contributed by atoms with Gasteiger partial charge in [-0.1, -0.05) is 71.2 Å². The number of halogens is 3. The van der Waals surface area contributed by atoms with Crippen LogP contribution in [0.15, 0.2) is 102 Å². The van der Waals surface area contributed by atoms with Crippen LogP contribution in [-0.4, -0.2) is 50.4 Å². The van der Waals surface area contributed by atoms with E-state index in [1.807, 2.05) is 51.1 Å². The van der Waals surface area contributed by atoms with Gasteiger partial charge in [-0.15, -0.1) is 0 Å². The molecule has 4 aromatic carbocycles. The quantitative estimate of drug-likeness (QED) is 0.165. The van der Waals surface area contributed by atoms with E-state index in [4.69, 9.17) is 39.5 Å². The Morgan fingerprint density at radius 2 is 1.47 bits per heavy atom. The highest BCUT2D eigenvalue weighted by atomic mass is 35.5. The van der Waals surface area contributed by atoms with Crippen LogP contribution in [0.3, 0.4) is 0 Å². The van der Waals surface area contributed by atoms with Gasteiger partial charge in [0.2, 0.25) is 11.8 Å². The second-order valence-electron chi connectivity index (χ2n) is 11.9. The van der Waals surface area contributed by atoms with Gasteiger partial charge < -0.3 is 15.0 Å². The van der Waals surface area contributed by atoms with Crippen molar-refractivity contribution in [2.45, 2.75) is 50.2 Å². The normalized spacial score (nSPS) is 12.2. The molecule has 0 radical (unpaired) electrons. The molecule has 0 aliphatic heterocycles. The van der Waals surface area contributed by atoms with Crippen LogP contribution >= 0.6 is 34.8 Å². The van der Waals surface area contributed by atoms with Crippen LogP contribution in [-0.2, 0) is 32.6 Å². The van der Waals surface area contributed by atoms with Gasteiger partial charge in [-0.2, -0.15) is 0 Å². The van der Waals surface area contributed by atoms with Crippen molar-refractivity contribution in [1.29, 1.82) is 0 Å². The van der Waals surface area contributed by atoms with Gasteiger partial charge in [0, 0.05) is 33.6 Å². The molecule has 12 heteroatoms. The SMILES string of the molecule is COc1ccc(S(=O)(=O)N(CC(=O)N(Cc2ccc(Cl)cc2Cl)C(Cc2ccccc2)C(=O)NC(C)(C)C)c2ccc(Cl)cc2)cc1. The molecule has 0 aliphatic rings. The van der Waals surface area contributed by atoms with Crippen molar-refractivity contribution in [2.75, 3.05) is 18.0 Å². The predicted octanol–water partition coefficient (Wildman–Crippen LogP) is 7.41. The summed E-state index contributed by atoms with van der Waals surface area (Å²) in [4.78, 5) is 29.9. The zero-order valence-electron chi connectivity index (χ0n) is 26.4. The van der Waals surface area contributed by atoms with Crippen LogP contribution in [0.2, 0.25) is 15.1 Å². The van der Waals surface area contributed by atoms with Gasteiger partial charge in [-0.25, -0.2) is 8.42 Å². The molecule has 0 bridgehead atoms. The number of nitrogens with one attached hydrogen (secondary N) is 1. The summed E-state index contributed by atoms with van der Waals surface area (Å²) in [5.41, 5.74) is 0.928. The Morgan fingerprint density at radius 3 is 2.04 bits per heavy atom. The number of carbonyl (C=O) groups excluding carboxylic acids is 2. The first-order chi connectivity index (χ1) is 22.2. The Labute approximate surface area is 291 Å². The minimum atomic E-state index is -4.30. The minimum absolute atomic E-state index is 0.0559. The number of anilines is 1. The molecule has 4 aromatic rings. The lowest BCUT2D eigenvalue weighted by Crippen LogP contribution is -2.56. The van der Waals surface area contributed by atoms with Crippen LogP contribution in [0.5, 0.6) is 5.75 Å². The van der Waals surface area contributed by atoms with Crippen molar-refractivity contribution in [1.82, 2.24) is 10.2 Å². The average Bonchev–Trinajstić information content (AvgIpc) is 3.02. The summed E-state index contributed by atoms with van der Waals surface area (Å²) < 4.78 is 34.6. The Morgan fingerprint density at radius 1 is 0.851 bits per heavy atom. The summed E-state index contributed by atoms with van der Waals surface area (Å²) in [7, 11) is -2.82. The van der Waals surface area contributed by atoms with E-state index in [1.165, 1.54) is 60.5 Å². The highest BCUT2D eigenvalue weighted by Crippen LogP contribution is 2.29. The Hall–Kier alpha value is -3.76. The molecule has 0 spiro atoms. The van der Waals surface area contributed by atoms with Crippen LogP contribution in [0.1, 0.15) is 31.9 Å². The second-order valence-corrected chi connectivity index (χ2v) is 15.0. The summed E-state index contributed by atoms with van der Waals surface area (Å²) in [6.07, 6.45) is 0.159. The lowest BCUT2D eigenvalue weighted by molar-refractivity contribution is -0.140. The predicted molar refractivity (Wildman–Crippen MR) is 188 cm³/mol. The monoisotopic (exact) mass is 715 g/mol. The van der Waals surface area contributed by atoms with E-state index in [9.17, 15) is 18.0 Å². The number of sulfonamides is 1. The summed E-state index contributed by atoms with van der Waals surface area (Å²) >= 11 is 18.9. The molecule has 47 heavy (non-hydrogen) atoms. The number of hydrogen-bond donors (Lipinski definition) is 1. The number of nitrogens with zero attached hydrogens (tertiary/aromatic N) is 2. The standard InChI is InChI=1S/C35H36Cl3N3O5S/c1-35(2,3)39-34(43)32(20-24-8-6-5-7-9-24)40(22-25-10-11-27(37)21-31(25)38)33(42)23-41(28-14-12-26(36)13-15-28)47(44,45)30-18-16-29(46-4)17-19-30/h5-19,21,32H,20,22-23H2,1-4H3,(H,39,43). The molecule has 1 unspecified atom stereocenters. The van der Waals surface area contributed by atoms with Gasteiger partial charge in [0.05, 0.1) is 17.7 Å². The fourth-order valence-electron chi connectivity index (χ4n) is 4.85. The number of methoxy groups -OCH3 is 1. The summed E-state index contributed by atoms with van der Waals surface area (Å²) in [6, 6.07) is 25.1. The van der Waals surface area contributed by atoms with Crippen molar-refractivity contribution < 1.29 is 22.7 Å². The van der Waals surface area contributed by atoms with Crippen molar-refractivity contribution in [3.05, 3.63) is 123 Å². The highest BCUT2D eigenvalue weighted by molar-refractivity contribution is 7.92. The van der Waals surface area contributed by atoms with E-state index >= 15 is 0 Å². The number of ether oxygens (including phenoxy) is 1. The minimum Gasteiger partial charge on any atom is -0.497 e. The molecule has 1 N–H and O–H groups in total. The topological polar surface area (TPSA) is 96.0 Å². The first-order valence-electron chi connectivity index (χ1n) is 14.7. The van der Waals surface area contributed by atoms with Crippen LogP contribution in [0.4, 0.5) is 5.69 Å². The maximum atomic E-state index is 14.6. The molecule has 0 heterocycles. The lowest BCUT2D eigenvalue weighted by atomic mass is 10.0. The van der Waals surface area contributed by atoms with Gasteiger partial charge >= 0.3 is 0 Å². The molecule has 0 saturated carbocycles. The fraction of sp³-hybridized carbons (Fsp3) is 0.257. The molecule has 0 aromatic heterocycles. The molecule has 0 fully saturated rings. The second kappa shape index (κ2) is 15.4. The van der Waals surface area contributed by atoms with Gasteiger partial charge in [-0.05, 0) is 92.6 Å². The zero-order valence-corrected chi connectivity index (χ0v) is 29.5. The smallest absolute Gasteiger partial charge is 0.264 e.